The van der Waals surface area contributed by atoms with E-state index in [2.05, 4.69) is 15.3 Å². The zero-order valence-electron chi connectivity index (χ0n) is 3.78. The molecule has 36 valence electrons. The van der Waals surface area contributed by atoms with Crippen LogP contribution in [0.4, 0.5) is 0 Å². The molecule has 1 aliphatic heterocycles. The van der Waals surface area contributed by atoms with E-state index in [0.29, 0.717) is 18.6 Å². The SMILES string of the molecule is Br[SiH]1C[SiH2]C[SiH2]1. The maximum atomic E-state index is 3.77. The largest absolute Gasteiger partial charge is 0.135 e. The zero-order valence-corrected chi connectivity index (χ0v) is 9.35. The Morgan fingerprint density at radius 3 is 2.67 bits per heavy atom. The molecule has 0 nitrogen and oxygen atoms in total. The highest BCUT2D eigenvalue weighted by molar-refractivity contribution is 9.26. The standard InChI is InChI=1S/C2H9BrSi3/c3-6-2-4-1-5-6/h6H,1-2,4-5H2. The van der Waals surface area contributed by atoms with Gasteiger partial charge in [-0.3, -0.25) is 0 Å². The molecule has 1 aliphatic rings. The van der Waals surface area contributed by atoms with E-state index in [0.717, 1.165) is 0 Å². The average molecular weight is 197 g/mol. The zero-order chi connectivity index (χ0) is 4.41. The van der Waals surface area contributed by atoms with Crippen LogP contribution < -0.4 is 0 Å². The van der Waals surface area contributed by atoms with E-state index in [1.807, 2.05) is 0 Å². The van der Waals surface area contributed by atoms with Crippen LogP contribution in [0.1, 0.15) is 0 Å². The molecule has 0 N–H and O–H groups in total. The molecular formula is C2H9BrSi3. The lowest BCUT2D eigenvalue weighted by atomic mass is 11.8. The summed E-state index contributed by atoms with van der Waals surface area (Å²) in [4.78, 5) is 0. The van der Waals surface area contributed by atoms with Crippen molar-refractivity contribution in [1.29, 1.82) is 0 Å². The van der Waals surface area contributed by atoms with Crippen molar-refractivity contribution in [1.82, 2.24) is 0 Å². The molecule has 1 unspecified atom stereocenters. The second-order valence-electron chi connectivity index (χ2n) is 1.88. The highest BCUT2D eigenvalue weighted by atomic mass is 79.9. The second-order valence-corrected chi connectivity index (χ2v) is 21.7. The van der Waals surface area contributed by atoms with Gasteiger partial charge < -0.3 is 0 Å². The molecule has 0 aliphatic carbocycles. The summed E-state index contributed by atoms with van der Waals surface area (Å²) in [6, 6.07) is 0. The maximum absolute atomic E-state index is 3.77. The first-order valence-electron chi connectivity index (χ1n) is 2.53. The Morgan fingerprint density at radius 1 is 1.67 bits per heavy atom. The molecule has 0 bridgehead atoms. The van der Waals surface area contributed by atoms with E-state index >= 15 is 0 Å². The monoisotopic (exact) mass is 196 g/mol. The molecule has 0 aromatic rings. The van der Waals surface area contributed by atoms with Crippen molar-refractivity contribution in [2.45, 2.75) is 11.3 Å². The maximum Gasteiger partial charge on any atom is 0.0962 e. The molecule has 1 atom stereocenters. The van der Waals surface area contributed by atoms with Crippen LogP contribution in [-0.4, -0.2) is 25.5 Å². The molecule has 0 spiro atoms. The summed E-state index contributed by atoms with van der Waals surface area (Å²) in [5, 5.41) is 0. The van der Waals surface area contributed by atoms with Crippen LogP contribution in [0, 0.1) is 0 Å². The summed E-state index contributed by atoms with van der Waals surface area (Å²) >= 11 is 3.77. The third kappa shape index (κ3) is 1.32. The third-order valence-corrected chi connectivity index (χ3v) is 27.2. The molecule has 0 amide bonds. The second kappa shape index (κ2) is 2.44. The Morgan fingerprint density at radius 2 is 2.50 bits per heavy atom. The van der Waals surface area contributed by atoms with Crippen LogP contribution >= 0.6 is 15.3 Å². The Labute approximate surface area is 52.3 Å². The number of rotatable bonds is 0. The topological polar surface area (TPSA) is 0 Å². The fourth-order valence-corrected chi connectivity index (χ4v) is 33.9. The van der Waals surface area contributed by atoms with Gasteiger partial charge in [0.25, 0.3) is 0 Å². The molecule has 1 rings (SSSR count). The molecule has 6 heavy (non-hydrogen) atoms. The molecule has 0 radical (unpaired) electrons. The van der Waals surface area contributed by atoms with Crippen molar-refractivity contribution >= 4 is 40.8 Å². The van der Waals surface area contributed by atoms with Gasteiger partial charge in [-0.15, -0.1) is 15.3 Å². The van der Waals surface area contributed by atoms with E-state index in [9.17, 15) is 0 Å². The van der Waals surface area contributed by atoms with Crippen LogP contribution in [0.25, 0.3) is 0 Å². The number of hydrogen-bond donors (Lipinski definition) is 0. The molecule has 4 heteroatoms. The minimum Gasteiger partial charge on any atom is -0.135 e. The highest BCUT2D eigenvalue weighted by Gasteiger charge is 2.12. The lowest BCUT2D eigenvalue weighted by molar-refractivity contribution is 1.96. The van der Waals surface area contributed by atoms with Gasteiger partial charge in [0.15, 0.2) is 0 Å². The molecule has 0 aromatic heterocycles. The van der Waals surface area contributed by atoms with Crippen molar-refractivity contribution in [3.8, 4) is 0 Å². The minimum atomic E-state index is -0.0363. The smallest absolute Gasteiger partial charge is 0.0962 e. The fourth-order valence-electron chi connectivity index (χ4n) is 0.876. The molecule has 1 fully saturated rings. The van der Waals surface area contributed by atoms with Crippen LogP contribution in [-0.2, 0) is 0 Å². The van der Waals surface area contributed by atoms with E-state index in [1.54, 1.807) is 11.3 Å². The third-order valence-electron chi connectivity index (χ3n) is 1.28. The summed E-state index contributed by atoms with van der Waals surface area (Å²) in [6.07, 6.45) is 0. The van der Waals surface area contributed by atoms with E-state index in [1.165, 1.54) is 0 Å². The minimum absolute atomic E-state index is 0.0363. The fraction of sp³-hybridized carbons (Fsp3) is 1.00. The summed E-state index contributed by atoms with van der Waals surface area (Å²) in [5.41, 5.74) is 3.52. The first kappa shape index (κ1) is 5.27. The average Bonchev–Trinajstić information content (AvgIpc) is 1.86. The van der Waals surface area contributed by atoms with Crippen LogP contribution in [0.2, 0.25) is 11.3 Å². The van der Waals surface area contributed by atoms with Gasteiger partial charge in [0.1, 0.15) is 0 Å². The van der Waals surface area contributed by atoms with E-state index < -0.39 is 0 Å². The van der Waals surface area contributed by atoms with Gasteiger partial charge in [0, 0.05) is 18.6 Å². The van der Waals surface area contributed by atoms with Crippen molar-refractivity contribution in [2.75, 3.05) is 0 Å². The lowest BCUT2D eigenvalue weighted by Gasteiger charge is -1.85. The molecular weight excluding hydrogens is 188 g/mol. The van der Waals surface area contributed by atoms with Gasteiger partial charge in [0.2, 0.25) is 0 Å². The normalized spacial score (nSPS) is 42.5. The van der Waals surface area contributed by atoms with Crippen LogP contribution in [0.3, 0.4) is 0 Å². The van der Waals surface area contributed by atoms with Gasteiger partial charge in [-0.25, -0.2) is 0 Å². The van der Waals surface area contributed by atoms with Gasteiger partial charge >= 0.3 is 0 Å². The molecule has 0 saturated carbocycles. The van der Waals surface area contributed by atoms with Gasteiger partial charge in [-0.1, -0.05) is 11.3 Å². The molecule has 1 heterocycles. The number of halogens is 1. The van der Waals surface area contributed by atoms with Crippen molar-refractivity contribution in [3.05, 3.63) is 0 Å². The highest BCUT2D eigenvalue weighted by Crippen LogP contribution is 2.07. The van der Waals surface area contributed by atoms with Gasteiger partial charge in [-0.05, 0) is 0 Å². The van der Waals surface area contributed by atoms with Crippen LogP contribution in [0.5, 0.6) is 0 Å². The van der Waals surface area contributed by atoms with E-state index in [4.69, 9.17) is 0 Å². The Kier molecular flexibility index (Phi) is 2.14. The van der Waals surface area contributed by atoms with Crippen LogP contribution in [0.15, 0.2) is 0 Å². The van der Waals surface area contributed by atoms with Crippen molar-refractivity contribution < 1.29 is 0 Å². The van der Waals surface area contributed by atoms with E-state index in [-0.39, 0.29) is 6.93 Å². The molecule has 1 saturated heterocycles. The lowest BCUT2D eigenvalue weighted by Crippen LogP contribution is -2.02. The summed E-state index contributed by atoms with van der Waals surface area (Å²) in [6.45, 7) is -0.0363. The summed E-state index contributed by atoms with van der Waals surface area (Å²) < 4.78 is 0. The Hall–Kier alpha value is 1.13. The molecule has 0 aromatic carbocycles. The quantitative estimate of drug-likeness (QED) is 0.355. The summed E-state index contributed by atoms with van der Waals surface area (Å²) in [7, 11) is 1.16. The van der Waals surface area contributed by atoms with Gasteiger partial charge in [-0.2, -0.15) is 0 Å². The van der Waals surface area contributed by atoms with Crippen molar-refractivity contribution in [3.63, 3.8) is 0 Å². The number of hydrogen-bond acceptors (Lipinski definition) is 0. The van der Waals surface area contributed by atoms with Gasteiger partial charge in [0.05, 0.1) is 6.93 Å². The summed E-state index contributed by atoms with van der Waals surface area (Å²) in [5.74, 6) is 0. The van der Waals surface area contributed by atoms with Crippen molar-refractivity contribution in [2.24, 2.45) is 0 Å². The Balaban J connectivity index is 2.18. The predicted molar refractivity (Wildman–Crippen MR) is 42.8 cm³/mol. The Bertz CT molecular complexity index is 42.1. The first-order valence-corrected chi connectivity index (χ1v) is 12.8. The first-order chi connectivity index (χ1) is 2.89. The predicted octanol–water partition coefficient (Wildman–Crippen LogP) is -0.714.